The lowest BCUT2D eigenvalue weighted by Crippen LogP contribution is -2.57. The van der Waals surface area contributed by atoms with Crippen LogP contribution in [-0.4, -0.2) is 100 Å². The SMILES string of the molecule is CC(C)CN(C[C@@H](O)[C@H](Cc1ccccc1)NC(=O)[C@H](C(C)C)N1CCN(Cc2csc(C(C)C)n2)C1=O)S(=O)(=O)c1ccc(C=NO)cc1. The van der Waals surface area contributed by atoms with E-state index in [2.05, 4.69) is 29.3 Å². The van der Waals surface area contributed by atoms with Crippen LogP contribution in [0.15, 0.2) is 70.0 Å². The van der Waals surface area contributed by atoms with Crippen LogP contribution in [0.25, 0.3) is 0 Å². The van der Waals surface area contributed by atoms with Gasteiger partial charge >= 0.3 is 6.03 Å². The van der Waals surface area contributed by atoms with Crippen LogP contribution in [0.2, 0.25) is 0 Å². The van der Waals surface area contributed by atoms with Crippen molar-refractivity contribution < 1.29 is 28.3 Å². The van der Waals surface area contributed by atoms with Crippen LogP contribution in [-0.2, 0) is 27.8 Å². The molecule has 0 saturated carbocycles. The van der Waals surface area contributed by atoms with Crippen molar-refractivity contribution in [2.45, 2.75) is 83.5 Å². The lowest BCUT2D eigenvalue weighted by atomic mass is 9.97. The average molecular weight is 727 g/mol. The van der Waals surface area contributed by atoms with E-state index in [1.807, 2.05) is 63.4 Å². The van der Waals surface area contributed by atoms with Crippen molar-refractivity contribution in [1.82, 2.24) is 24.4 Å². The summed E-state index contributed by atoms with van der Waals surface area (Å²) >= 11 is 1.57. The minimum Gasteiger partial charge on any atom is -0.411 e. The number of aliphatic hydroxyl groups excluding tert-OH is 1. The van der Waals surface area contributed by atoms with Gasteiger partial charge in [0.15, 0.2) is 0 Å². The molecule has 50 heavy (non-hydrogen) atoms. The monoisotopic (exact) mass is 726 g/mol. The third-order valence-electron chi connectivity index (χ3n) is 8.55. The van der Waals surface area contributed by atoms with Crippen molar-refractivity contribution in [1.29, 1.82) is 0 Å². The van der Waals surface area contributed by atoms with Gasteiger partial charge in [-0.05, 0) is 41.5 Å². The normalized spacial score (nSPS) is 15.9. The van der Waals surface area contributed by atoms with Gasteiger partial charge in [0, 0.05) is 37.5 Å². The third-order valence-corrected chi connectivity index (χ3v) is 11.6. The summed E-state index contributed by atoms with van der Waals surface area (Å²) in [7, 11) is -4.05. The topological polar surface area (TPSA) is 156 Å². The maximum atomic E-state index is 14.1. The first kappa shape index (κ1) is 38.9. The number of rotatable bonds is 17. The highest BCUT2D eigenvalue weighted by Gasteiger charge is 2.40. The van der Waals surface area contributed by atoms with E-state index in [0.29, 0.717) is 31.1 Å². The van der Waals surface area contributed by atoms with E-state index in [1.54, 1.807) is 21.1 Å². The Labute approximate surface area is 299 Å². The van der Waals surface area contributed by atoms with Crippen molar-refractivity contribution in [3.63, 3.8) is 0 Å². The van der Waals surface area contributed by atoms with Crippen LogP contribution in [0.3, 0.4) is 0 Å². The van der Waals surface area contributed by atoms with E-state index < -0.39 is 34.1 Å². The van der Waals surface area contributed by atoms with Gasteiger partial charge in [-0.3, -0.25) is 4.79 Å². The number of sulfonamides is 1. The van der Waals surface area contributed by atoms with Gasteiger partial charge in [-0.25, -0.2) is 18.2 Å². The molecule has 4 rings (SSSR count). The van der Waals surface area contributed by atoms with Crippen molar-refractivity contribution in [2.75, 3.05) is 26.2 Å². The van der Waals surface area contributed by atoms with Crippen LogP contribution >= 0.6 is 11.3 Å². The van der Waals surface area contributed by atoms with E-state index in [1.165, 1.54) is 34.8 Å². The Kier molecular flexibility index (Phi) is 13.5. The fourth-order valence-electron chi connectivity index (χ4n) is 6.04. The lowest BCUT2D eigenvalue weighted by Gasteiger charge is -2.34. The first-order chi connectivity index (χ1) is 23.7. The summed E-state index contributed by atoms with van der Waals surface area (Å²) < 4.78 is 29.0. The zero-order valence-corrected chi connectivity index (χ0v) is 31.3. The number of benzene rings is 2. The zero-order chi connectivity index (χ0) is 36.6. The number of aliphatic hydroxyl groups is 1. The largest absolute Gasteiger partial charge is 0.411 e. The van der Waals surface area contributed by atoms with Crippen molar-refractivity contribution in [2.24, 2.45) is 17.0 Å². The number of aromatic nitrogens is 1. The number of nitrogens with one attached hydrogen (secondary N) is 1. The van der Waals surface area contributed by atoms with Gasteiger partial charge < -0.3 is 25.4 Å². The number of oxime groups is 1. The minimum atomic E-state index is -4.05. The molecule has 1 saturated heterocycles. The highest BCUT2D eigenvalue weighted by molar-refractivity contribution is 7.89. The summed E-state index contributed by atoms with van der Waals surface area (Å²) in [5, 5.41) is 29.6. The molecule has 272 valence electrons. The summed E-state index contributed by atoms with van der Waals surface area (Å²) in [6, 6.07) is 13.4. The molecule has 1 aliphatic heterocycles. The summed E-state index contributed by atoms with van der Waals surface area (Å²) in [5.74, 6) is -0.414. The van der Waals surface area contributed by atoms with Gasteiger partial charge in [0.25, 0.3) is 0 Å². The molecule has 1 fully saturated rings. The number of hydrogen-bond acceptors (Lipinski definition) is 9. The maximum Gasteiger partial charge on any atom is 0.321 e. The molecular weight excluding hydrogens is 677 g/mol. The maximum absolute atomic E-state index is 14.1. The predicted octanol–water partition coefficient (Wildman–Crippen LogP) is 4.77. The van der Waals surface area contributed by atoms with Crippen LogP contribution in [0.5, 0.6) is 0 Å². The van der Waals surface area contributed by atoms with Gasteiger partial charge in [-0.15, -0.1) is 11.3 Å². The molecule has 3 atom stereocenters. The van der Waals surface area contributed by atoms with Crippen LogP contribution in [0, 0.1) is 11.8 Å². The zero-order valence-electron chi connectivity index (χ0n) is 29.6. The molecule has 3 N–H and O–H groups in total. The highest BCUT2D eigenvalue weighted by atomic mass is 32.2. The minimum absolute atomic E-state index is 0.0270. The molecule has 0 bridgehead atoms. The Morgan fingerprint density at radius 3 is 2.30 bits per heavy atom. The standard InChI is InChI=1S/C36H50N6O6S2/c1-24(2)20-41(50(47,48)30-14-12-28(13-15-30)19-37-46)22-32(43)31(18-27-10-8-7-9-11-27)39-34(44)33(25(3)4)42-17-16-40(36(42)45)21-29-23-49-35(38-29)26(5)6/h7-15,19,23-26,31-33,43,46H,16-18,20-22H2,1-6H3,(H,39,44)/t31-,32+,33-/m0/s1. The second-order valence-corrected chi connectivity index (χ2v) is 16.6. The number of thiazole rings is 1. The molecule has 0 spiro atoms. The number of nitrogens with zero attached hydrogens (tertiary/aromatic N) is 5. The van der Waals surface area contributed by atoms with Crippen molar-refractivity contribution >= 4 is 39.5 Å². The van der Waals surface area contributed by atoms with Crippen LogP contribution in [0.1, 0.15) is 69.3 Å². The lowest BCUT2D eigenvalue weighted by molar-refractivity contribution is -0.128. The molecule has 2 aromatic carbocycles. The Morgan fingerprint density at radius 2 is 1.72 bits per heavy atom. The Hall–Kier alpha value is -3.85. The Balaban J connectivity index is 1.56. The predicted molar refractivity (Wildman–Crippen MR) is 195 cm³/mol. The van der Waals surface area contributed by atoms with Crippen LogP contribution < -0.4 is 5.32 Å². The number of carbonyl (C=O) groups is 2. The summed E-state index contributed by atoms with van der Waals surface area (Å²) in [4.78, 5) is 35.8. The van der Waals surface area contributed by atoms with Crippen LogP contribution in [0.4, 0.5) is 4.79 Å². The fraction of sp³-hybridized carbons (Fsp3) is 0.500. The molecule has 14 heteroatoms. The van der Waals surface area contributed by atoms with Gasteiger partial charge in [0.05, 0.1) is 40.5 Å². The number of hydrogen-bond donors (Lipinski definition) is 3. The molecule has 0 aliphatic carbocycles. The van der Waals surface area contributed by atoms with Gasteiger partial charge in [0.1, 0.15) is 6.04 Å². The second-order valence-electron chi connectivity index (χ2n) is 13.8. The summed E-state index contributed by atoms with van der Waals surface area (Å²) in [5.41, 5.74) is 2.20. The van der Waals surface area contributed by atoms with Gasteiger partial charge in [0.2, 0.25) is 15.9 Å². The highest BCUT2D eigenvalue weighted by Crippen LogP contribution is 2.25. The molecule has 2 heterocycles. The summed E-state index contributed by atoms with van der Waals surface area (Å²) in [6.07, 6.45) is 0.154. The Bertz CT molecular complexity index is 1700. The smallest absolute Gasteiger partial charge is 0.321 e. The average Bonchev–Trinajstić information content (AvgIpc) is 3.68. The Morgan fingerprint density at radius 1 is 1.04 bits per heavy atom. The molecule has 0 radical (unpaired) electrons. The molecule has 3 amide bonds. The molecule has 0 unspecified atom stereocenters. The quantitative estimate of drug-likeness (QED) is 0.103. The number of carbonyl (C=O) groups excluding carboxylic acids is 2. The van der Waals surface area contributed by atoms with E-state index >= 15 is 0 Å². The summed E-state index contributed by atoms with van der Waals surface area (Å²) in [6.45, 7) is 12.7. The molecule has 3 aromatic rings. The first-order valence-electron chi connectivity index (χ1n) is 17.0. The molecule has 1 aromatic heterocycles. The first-order valence-corrected chi connectivity index (χ1v) is 19.3. The third kappa shape index (κ3) is 9.89. The van der Waals surface area contributed by atoms with E-state index in [4.69, 9.17) is 5.21 Å². The number of amides is 3. The van der Waals surface area contributed by atoms with E-state index in [0.717, 1.165) is 16.3 Å². The molecular formula is C36H50N6O6S2. The van der Waals surface area contributed by atoms with Gasteiger partial charge in [-0.2, -0.15) is 4.31 Å². The van der Waals surface area contributed by atoms with E-state index in [-0.39, 0.29) is 42.3 Å². The second kappa shape index (κ2) is 17.4. The van der Waals surface area contributed by atoms with Crippen molar-refractivity contribution in [3.8, 4) is 0 Å². The van der Waals surface area contributed by atoms with Gasteiger partial charge in [-0.1, -0.05) is 89.2 Å². The molecule has 12 nitrogen and oxygen atoms in total. The van der Waals surface area contributed by atoms with E-state index in [9.17, 15) is 23.1 Å². The van der Waals surface area contributed by atoms with Crippen molar-refractivity contribution in [3.05, 3.63) is 81.8 Å². The number of urea groups is 1. The fourth-order valence-corrected chi connectivity index (χ4v) is 8.49. The molecule has 1 aliphatic rings.